The van der Waals surface area contributed by atoms with Crippen LogP contribution in [0.25, 0.3) is 0 Å². The van der Waals surface area contributed by atoms with Crippen molar-refractivity contribution in [3.8, 4) is 5.75 Å². The molecule has 2 aliphatic heterocycles. The van der Waals surface area contributed by atoms with Crippen molar-refractivity contribution >= 4 is 17.5 Å². The molecule has 2 aliphatic rings. The van der Waals surface area contributed by atoms with Crippen molar-refractivity contribution in [2.45, 2.75) is 18.9 Å². The molecule has 0 radical (unpaired) electrons. The van der Waals surface area contributed by atoms with Crippen LogP contribution in [-0.2, 0) is 20.7 Å². The lowest BCUT2D eigenvalue weighted by Gasteiger charge is -2.30. The van der Waals surface area contributed by atoms with Gasteiger partial charge < -0.3 is 25.0 Å². The molecule has 3 rings (SSSR count). The molecule has 2 heterocycles. The Bertz CT molecular complexity index is 620. The first kappa shape index (κ1) is 16.7. The van der Waals surface area contributed by atoms with Crippen LogP contribution in [0.5, 0.6) is 5.75 Å². The lowest BCUT2D eigenvalue weighted by Crippen LogP contribution is -2.41. The molecule has 7 nitrogen and oxygen atoms in total. The van der Waals surface area contributed by atoms with Crippen molar-refractivity contribution < 1.29 is 19.1 Å². The smallest absolute Gasteiger partial charge is 0.262 e. The third kappa shape index (κ3) is 4.46. The minimum Gasteiger partial charge on any atom is -0.482 e. The van der Waals surface area contributed by atoms with Crippen LogP contribution >= 0.6 is 0 Å². The number of amides is 2. The van der Waals surface area contributed by atoms with Gasteiger partial charge in [0, 0.05) is 19.6 Å². The fraction of sp³-hybridized carbons (Fsp3) is 0.529. The van der Waals surface area contributed by atoms with Crippen LogP contribution < -0.4 is 15.4 Å². The van der Waals surface area contributed by atoms with E-state index in [4.69, 9.17) is 9.47 Å². The second kappa shape index (κ2) is 7.63. The van der Waals surface area contributed by atoms with E-state index in [0.717, 1.165) is 31.7 Å². The van der Waals surface area contributed by atoms with Gasteiger partial charge in [-0.15, -0.1) is 0 Å². The summed E-state index contributed by atoms with van der Waals surface area (Å²) in [4.78, 5) is 25.6. The van der Waals surface area contributed by atoms with E-state index in [0.29, 0.717) is 18.0 Å². The van der Waals surface area contributed by atoms with Crippen LogP contribution in [0.15, 0.2) is 18.2 Å². The Hall–Kier alpha value is -2.12. The van der Waals surface area contributed by atoms with Crippen molar-refractivity contribution in [3.05, 3.63) is 23.8 Å². The van der Waals surface area contributed by atoms with E-state index in [1.807, 2.05) is 6.07 Å². The van der Waals surface area contributed by atoms with Crippen molar-refractivity contribution in [1.82, 2.24) is 10.2 Å². The molecule has 2 amide bonds. The maximum absolute atomic E-state index is 12.1. The summed E-state index contributed by atoms with van der Waals surface area (Å²) in [5.74, 6) is 0.418. The van der Waals surface area contributed by atoms with Crippen molar-refractivity contribution in [2.75, 3.05) is 45.2 Å². The first-order chi connectivity index (χ1) is 11.6. The summed E-state index contributed by atoms with van der Waals surface area (Å²) in [6.07, 6.45) is 1.26. The predicted molar refractivity (Wildman–Crippen MR) is 89.1 cm³/mol. The number of nitrogens with one attached hydrogen (secondary N) is 2. The van der Waals surface area contributed by atoms with Crippen LogP contribution in [-0.4, -0.2) is 62.7 Å². The van der Waals surface area contributed by atoms with E-state index >= 15 is 0 Å². The van der Waals surface area contributed by atoms with Gasteiger partial charge in [-0.1, -0.05) is 6.07 Å². The molecule has 1 aromatic rings. The Labute approximate surface area is 141 Å². The molecule has 2 N–H and O–H groups in total. The molecule has 1 aromatic carbocycles. The molecular formula is C17H23N3O4. The molecule has 7 heteroatoms. The lowest BCUT2D eigenvalue weighted by molar-refractivity contribution is -0.120. The Morgan fingerprint density at radius 3 is 3.17 bits per heavy atom. The van der Waals surface area contributed by atoms with Gasteiger partial charge >= 0.3 is 0 Å². The normalized spacial score (nSPS) is 20.7. The topological polar surface area (TPSA) is 79.9 Å². The standard InChI is InChI=1S/C17H23N3O4/c1-20-6-7-23-13(10-20)4-5-18-16(21)9-12-2-3-15-14(8-12)19-17(22)11-24-15/h2-3,8,13H,4-7,9-11H2,1H3,(H,18,21)(H,19,22)/t13-/m0/s1. The SMILES string of the molecule is CN1CCO[C@@H](CCNC(=O)Cc2ccc3c(c2)NC(=O)CO3)C1. The minimum absolute atomic E-state index is 0.0330. The zero-order valence-corrected chi connectivity index (χ0v) is 13.8. The first-order valence-electron chi connectivity index (χ1n) is 8.22. The van der Waals surface area contributed by atoms with E-state index in [1.54, 1.807) is 12.1 Å². The van der Waals surface area contributed by atoms with Crippen LogP contribution in [0.3, 0.4) is 0 Å². The molecule has 0 unspecified atom stereocenters. The molecule has 1 atom stereocenters. The highest BCUT2D eigenvalue weighted by Crippen LogP contribution is 2.28. The van der Waals surface area contributed by atoms with E-state index in [1.165, 1.54) is 0 Å². The number of likely N-dealkylation sites (N-methyl/N-ethyl adjacent to an activating group) is 1. The number of hydrogen-bond acceptors (Lipinski definition) is 5. The number of carbonyl (C=O) groups excluding carboxylic acids is 2. The first-order valence-corrected chi connectivity index (χ1v) is 8.22. The summed E-state index contributed by atoms with van der Waals surface area (Å²) < 4.78 is 11.0. The van der Waals surface area contributed by atoms with Crippen LogP contribution in [0.1, 0.15) is 12.0 Å². The van der Waals surface area contributed by atoms with Gasteiger partial charge in [0.1, 0.15) is 5.75 Å². The molecule has 0 bridgehead atoms. The Kier molecular flexibility index (Phi) is 5.32. The highest BCUT2D eigenvalue weighted by molar-refractivity contribution is 5.95. The summed E-state index contributed by atoms with van der Waals surface area (Å²) in [6.45, 7) is 3.24. The van der Waals surface area contributed by atoms with Gasteiger partial charge in [0.15, 0.2) is 6.61 Å². The maximum atomic E-state index is 12.1. The Morgan fingerprint density at radius 2 is 2.33 bits per heavy atom. The molecular weight excluding hydrogens is 310 g/mol. The van der Waals surface area contributed by atoms with E-state index in [9.17, 15) is 9.59 Å². The fourth-order valence-electron chi connectivity index (χ4n) is 2.90. The number of ether oxygens (including phenoxy) is 2. The summed E-state index contributed by atoms with van der Waals surface area (Å²) in [5, 5.41) is 5.67. The summed E-state index contributed by atoms with van der Waals surface area (Å²) in [5.41, 5.74) is 1.46. The zero-order valence-electron chi connectivity index (χ0n) is 13.8. The van der Waals surface area contributed by atoms with Crippen LogP contribution in [0.4, 0.5) is 5.69 Å². The fourth-order valence-corrected chi connectivity index (χ4v) is 2.90. The molecule has 130 valence electrons. The monoisotopic (exact) mass is 333 g/mol. The molecule has 0 aromatic heterocycles. The van der Waals surface area contributed by atoms with Gasteiger partial charge in [-0.25, -0.2) is 0 Å². The number of rotatable bonds is 5. The largest absolute Gasteiger partial charge is 0.482 e. The second-order valence-electron chi connectivity index (χ2n) is 6.24. The number of nitrogens with zero attached hydrogens (tertiary/aromatic N) is 1. The number of benzene rings is 1. The summed E-state index contributed by atoms with van der Waals surface area (Å²) >= 11 is 0. The van der Waals surface area contributed by atoms with E-state index in [2.05, 4.69) is 22.6 Å². The predicted octanol–water partition coefficient (Wildman–Crippen LogP) is 0.397. The third-order valence-electron chi connectivity index (χ3n) is 4.17. The average molecular weight is 333 g/mol. The minimum atomic E-state index is -0.179. The van der Waals surface area contributed by atoms with Crippen LogP contribution in [0, 0.1) is 0 Å². The van der Waals surface area contributed by atoms with Gasteiger partial charge in [-0.05, 0) is 31.2 Å². The van der Waals surface area contributed by atoms with Gasteiger partial charge in [0.2, 0.25) is 5.91 Å². The summed E-state index contributed by atoms with van der Waals surface area (Å²) in [6, 6.07) is 5.41. The van der Waals surface area contributed by atoms with Gasteiger partial charge in [0.05, 0.1) is 24.8 Å². The second-order valence-corrected chi connectivity index (χ2v) is 6.24. The number of fused-ring (bicyclic) bond motifs is 1. The number of morpholine rings is 1. The Morgan fingerprint density at radius 1 is 1.46 bits per heavy atom. The van der Waals surface area contributed by atoms with E-state index in [-0.39, 0.29) is 30.9 Å². The zero-order chi connectivity index (χ0) is 16.9. The van der Waals surface area contributed by atoms with Gasteiger partial charge in [-0.3, -0.25) is 9.59 Å². The Balaban J connectivity index is 1.45. The third-order valence-corrected chi connectivity index (χ3v) is 4.17. The molecule has 0 spiro atoms. The molecule has 0 saturated carbocycles. The molecule has 0 aliphatic carbocycles. The number of anilines is 1. The van der Waals surface area contributed by atoms with Crippen LogP contribution in [0.2, 0.25) is 0 Å². The van der Waals surface area contributed by atoms with Gasteiger partial charge in [-0.2, -0.15) is 0 Å². The molecule has 1 fully saturated rings. The van der Waals surface area contributed by atoms with Gasteiger partial charge in [0.25, 0.3) is 5.91 Å². The number of hydrogen-bond donors (Lipinski definition) is 2. The van der Waals surface area contributed by atoms with E-state index < -0.39 is 0 Å². The maximum Gasteiger partial charge on any atom is 0.262 e. The quantitative estimate of drug-likeness (QED) is 0.815. The summed E-state index contributed by atoms with van der Waals surface area (Å²) in [7, 11) is 2.08. The molecule has 1 saturated heterocycles. The van der Waals surface area contributed by atoms with Crippen molar-refractivity contribution in [2.24, 2.45) is 0 Å². The van der Waals surface area contributed by atoms with Crippen molar-refractivity contribution in [1.29, 1.82) is 0 Å². The average Bonchev–Trinajstić information content (AvgIpc) is 2.54. The number of carbonyl (C=O) groups is 2. The molecule has 24 heavy (non-hydrogen) atoms. The van der Waals surface area contributed by atoms with Crippen molar-refractivity contribution in [3.63, 3.8) is 0 Å². The highest BCUT2D eigenvalue weighted by atomic mass is 16.5. The lowest BCUT2D eigenvalue weighted by atomic mass is 10.1. The highest BCUT2D eigenvalue weighted by Gasteiger charge is 2.18.